The number of aryl methyl sites for hydroxylation is 1. The van der Waals surface area contributed by atoms with Gasteiger partial charge in [-0.3, -0.25) is 10.0 Å². The molecule has 2 N–H and O–H groups in total. The van der Waals surface area contributed by atoms with Gasteiger partial charge in [-0.15, -0.1) is 11.3 Å². The van der Waals surface area contributed by atoms with Gasteiger partial charge in [0.1, 0.15) is 0 Å². The Morgan fingerprint density at radius 3 is 2.82 bits per heavy atom. The van der Waals surface area contributed by atoms with Crippen molar-refractivity contribution in [3.05, 3.63) is 41.0 Å². The lowest BCUT2D eigenvalue weighted by atomic mass is 10.1. The maximum Gasteiger partial charge on any atom is 0.263 e. The zero-order valence-electron chi connectivity index (χ0n) is 12.5. The van der Waals surface area contributed by atoms with E-state index < -0.39 is 0 Å². The topological polar surface area (TPSA) is 65.5 Å². The Kier molecular flexibility index (Phi) is 4.52. The van der Waals surface area contributed by atoms with E-state index in [0.717, 1.165) is 46.1 Å². The highest BCUT2D eigenvalue weighted by Gasteiger charge is 2.26. The van der Waals surface area contributed by atoms with Gasteiger partial charge in [0, 0.05) is 0 Å². The second-order valence-electron chi connectivity index (χ2n) is 5.51. The predicted octanol–water partition coefficient (Wildman–Crippen LogP) is 2.59. The molecule has 5 nitrogen and oxygen atoms in total. The molecular weight excluding hydrogens is 298 g/mol. The predicted molar refractivity (Wildman–Crippen MR) is 85.6 cm³/mol. The summed E-state index contributed by atoms with van der Waals surface area (Å²) in [5.41, 5.74) is 4.86. The second kappa shape index (κ2) is 6.56. The molecule has 6 heteroatoms. The Bertz CT molecular complexity index is 648. The summed E-state index contributed by atoms with van der Waals surface area (Å²) in [5.74, 6) is -0.250. The first-order chi connectivity index (χ1) is 10.6. The Labute approximate surface area is 133 Å². The molecule has 0 aliphatic carbocycles. The molecule has 1 aromatic carbocycles. The number of hydrogen-bond donors (Lipinski definition) is 2. The number of rotatable bonds is 4. The monoisotopic (exact) mass is 317 g/mol. The lowest BCUT2D eigenvalue weighted by molar-refractivity contribution is -0.170. The van der Waals surface area contributed by atoms with Crippen molar-refractivity contribution in [2.45, 2.75) is 32.4 Å². The lowest BCUT2D eigenvalue weighted by Gasteiger charge is -2.19. The van der Waals surface area contributed by atoms with Gasteiger partial charge in [-0.2, -0.15) is 0 Å². The maximum absolute atomic E-state index is 12.1. The van der Waals surface area contributed by atoms with Crippen LogP contribution in [0.25, 0.3) is 10.4 Å². The smallest absolute Gasteiger partial charge is 0.263 e. The van der Waals surface area contributed by atoms with Crippen LogP contribution in [0.1, 0.15) is 24.1 Å². The van der Waals surface area contributed by atoms with E-state index >= 15 is 0 Å². The molecule has 1 aliphatic heterocycles. The quantitative estimate of drug-likeness (QED) is 0.672. The third-order valence-corrected chi connectivity index (χ3v) is 4.88. The number of hydrogen-bond acceptors (Lipinski definition) is 5. The largest absolute Gasteiger partial charge is 0.306 e. The van der Waals surface area contributed by atoms with Gasteiger partial charge in [0.15, 0.2) is 0 Å². The van der Waals surface area contributed by atoms with E-state index in [1.165, 1.54) is 0 Å². The first kappa shape index (κ1) is 15.1. The van der Waals surface area contributed by atoms with E-state index in [1.54, 1.807) is 11.3 Å². The van der Waals surface area contributed by atoms with Gasteiger partial charge in [0.25, 0.3) is 5.91 Å². The van der Waals surface area contributed by atoms with Crippen molar-refractivity contribution >= 4 is 17.2 Å². The minimum absolute atomic E-state index is 0.207. The van der Waals surface area contributed by atoms with E-state index in [2.05, 4.69) is 10.3 Å². The van der Waals surface area contributed by atoms with Gasteiger partial charge >= 0.3 is 0 Å². The Morgan fingerprint density at radius 1 is 1.45 bits per heavy atom. The Morgan fingerprint density at radius 2 is 2.23 bits per heavy atom. The fourth-order valence-corrected chi connectivity index (χ4v) is 3.48. The second-order valence-corrected chi connectivity index (χ2v) is 6.36. The van der Waals surface area contributed by atoms with Crippen LogP contribution in [0.15, 0.2) is 29.8 Å². The SMILES string of the molecule is Cc1ncsc1-c1ccc(CN(O)C(=O)C2CCCN2)cc1. The molecule has 3 rings (SSSR count). The zero-order chi connectivity index (χ0) is 15.5. The highest BCUT2D eigenvalue weighted by Crippen LogP contribution is 2.27. The van der Waals surface area contributed by atoms with E-state index in [1.807, 2.05) is 36.7 Å². The molecule has 0 radical (unpaired) electrons. The molecule has 1 atom stereocenters. The molecule has 2 heterocycles. The fourth-order valence-electron chi connectivity index (χ4n) is 2.67. The highest BCUT2D eigenvalue weighted by molar-refractivity contribution is 7.13. The van der Waals surface area contributed by atoms with Crippen LogP contribution < -0.4 is 5.32 Å². The van der Waals surface area contributed by atoms with Crippen molar-refractivity contribution in [2.24, 2.45) is 0 Å². The average Bonchev–Trinajstić information content (AvgIpc) is 3.19. The standard InChI is InChI=1S/C16H19N3O2S/c1-11-15(22-10-18-11)13-6-4-12(5-7-13)9-19(21)16(20)14-3-2-8-17-14/h4-7,10,14,17,21H,2-3,8-9H2,1H3. The summed E-state index contributed by atoms with van der Waals surface area (Å²) >= 11 is 1.61. The van der Waals surface area contributed by atoms with E-state index in [4.69, 9.17) is 0 Å². The van der Waals surface area contributed by atoms with Crippen molar-refractivity contribution in [1.29, 1.82) is 0 Å². The zero-order valence-corrected chi connectivity index (χ0v) is 13.3. The number of thiazole rings is 1. The molecule has 0 spiro atoms. The average molecular weight is 317 g/mol. The van der Waals surface area contributed by atoms with E-state index in [9.17, 15) is 10.0 Å². The molecule has 116 valence electrons. The van der Waals surface area contributed by atoms with Gasteiger partial charge in [-0.25, -0.2) is 10.0 Å². The lowest BCUT2D eigenvalue weighted by Crippen LogP contribution is -2.41. The van der Waals surface area contributed by atoms with Crippen molar-refractivity contribution < 1.29 is 10.0 Å². The van der Waals surface area contributed by atoms with Crippen LogP contribution in [-0.4, -0.2) is 33.7 Å². The molecule has 1 amide bonds. The van der Waals surface area contributed by atoms with Gasteiger partial charge in [0.2, 0.25) is 0 Å². The van der Waals surface area contributed by atoms with Crippen LogP contribution in [-0.2, 0) is 11.3 Å². The summed E-state index contributed by atoms with van der Waals surface area (Å²) in [6.45, 7) is 3.04. The van der Waals surface area contributed by atoms with Crippen LogP contribution in [0.4, 0.5) is 0 Å². The number of amides is 1. The maximum atomic E-state index is 12.1. The van der Waals surface area contributed by atoms with Gasteiger partial charge in [-0.05, 0) is 37.4 Å². The third kappa shape index (κ3) is 3.19. The Hall–Kier alpha value is -1.76. The summed E-state index contributed by atoms with van der Waals surface area (Å²) < 4.78 is 0. The van der Waals surface area contributed by atoms with Crippen molar-refractivity contribution in [2.75, 3.05) is 6.54 Å². The fraction of sp³-hybridized carbons (Fsp3) is 0.375. The molecule has 22 heavy (non-hydrogen) atoms. The van der Waals surface area contributed by atoms with Crippen molar-refractivity contribution in [1.82, 2.24) is 15.4 Å². The molecule has 1 unspecified atom stereocenters. The van der Waals surface area contributed by atoms with Gasteiger partial charge < -0.3 is 5.32 Å². The van der Waals surface area contributed by atoms with Crippen molar-refractivity contribution in [3.63, 3.8) is 0 Å². The third-order valence-electron chi connectivity index (χ3n) is 3.91. The Balaban J connectivity index is 1.66. The van der Waals surface area contributed by atoms with Crippen LogP contribution in [0.5, 0.6) is 0 Å². The van der Waals surface area contributed by atoms with Crippen LogP contribution in [0.2, 0.25) is 0 Å². The highest BCUT2D eigenvalue weighted by atomic mass is 32.1. The van der Waals surface area contributed by atoms with E-state index in [-0.39, 0.29) is 18.5 Å². The van der Waals surface area contributed by atoms with Gasteiger partial charge in [0.05, 0.1) is 28.7 Å². The normalized spacial score (nSPS) is 17.6. The summed E-state index contributed by atoms with van der Waals surface area (Å²) in [7, 11) is 0. The molecule has 1 aromatic heterocycles. The number of nitrogens with one attached hydrogen (secondary N) is 1. The number of carbonyl (C=O) groups is 1. The van der Waals surface area contributed by atoms with Crippen molar-refractivity contribution in [3.8, 4) is 10.4 Å². The van der Waals surface area contributed by atoms with Crippen LogP contribution in [0, 0.1) is 6.92 Å². The number of carbonyl (C=O) groups excluding carboxylic acids is 1. The molecule has 1 aliphatic rings. The van der Waals surface area contributed by atoms with Crippen LogP contribution >= 0.6 is 11.3 Å². The first-order valence-corrected chi connectivity index (χ1v) is 8.26. The molecule has 1 saturated heterocycles. The summed E-state index contributed by atoms with van der Waals surface area (Å²) in [6.07, 6.45) is 1.77. The first-order valence-electron chi connectivity index (χ1n) is 7.38. The van der Waals surface area contributed by atoms with Crippen LogP contribution in [0.3, 0.4) is 0 Å². The molecular formula is C16H19N3O2S. The summed E-state index contributed by atoms with van der Waals surface area (Å²) in [6, 6.07) is 7.63. The number of aromatic nitrogens is 1. The molecule has 2 aromatic rings. The summed E-state index contributed by atoms with van der Waals surface area (Å²) in [4.78, 5) is 17.5. The minimum atomic E-state index is -0.250. The number of nitrogens with zero attached hydrogens (tertiary/aromatic N) is 2. The number of hydroxylamine groups is 2. The summed E-state index contributed by atoms with van der Waals surface area (Å²) in [5, 5.41) is 13.9. The molecule has 1 fully saturated rings. The van der Waals surface area contributed by atoms with E-state index in [0.29, 0.717) is 0 Å². The molecule has 0 saturated carbocycles. The van der Waals surface area contributed by atoms with Gasteiger partial charge in [-0.1, -0.05) is 24.3 Å². The molecule has 0 bridgehead atoms. The number of benzene rings is 1. The minimum Gasteiger partial charge on any atom is -0.306 e.